The molecule has 1 unspecified atom stereocenters. The third-order valence-corrected chi connectivity index (χ3v) is 15.1. The van der Waals surface area contributed by atoms with Crippen molar-refractivity contribution >= 4 is 0 Å². The van der Waals surface area contributed by atoms with Crippen LogP contribution in [0.5, 0.6) is 0 Å². The first-order chi connectivity index (χ1) is 39.1. The van der Waals surface area contributed by atoms with E-state index in [1.807, 2.05) is 172 Å². The Kier molecular flexibility index (Phi) is 18.9. The molecule has 0 spiro atoms. The van der Waals surface area contributed by atoms with E-state index < -0.39 is 104 Å². The van der Waals surface area contributed by atoms with Crippen LogP contribution in [0.15, 0.2) is 176 Å². The highest BCUT2D eigenvalue weighted by atomic mass is 16.8. The Balaban J connectivity index is 1.01. The first kappa shape index (κ1) is 56.6. The molecule has 0 saturated carbocycles. The first-order valence-corrected chi connectivity index (χ1v) is 27.9. The molecule has 5 aliphatic rings. The third kappa shape index (κ3) is 14.0. The summed E-state index contributed by atoms with van der Waals surface area (Å²) in [5, 5.41) is 0. The van der Waals surface area contributed by atoms with Crippen LogP contribution < -0.4 is 0 Å². The number of methoxy groups -OCH3 is 1. The quantitative estimate of drug-likeness (QED) is 0.0637. The van der Waals surface area contributed by atoms with Crippen LogP contribution in [-0.2, 0) is 104 Å². The van der Waals surface area contributed by atoms with Crippen LogP contribution in [0.1, 0.15) is 66.0 Å². The van der Waals surface area contributed by atoms with E-state index in [9.17, 15) is 0 Å². The maximum absolute atomic E-state index is 7.64. The summed E-state index contributed by atoms with van der Waals surface area (Å²) in [6, 6.07) is 58.2. The molecule has 5 heterocycles. The van der Waals surface area contributed by atoms with Gasteiger partial charge >= 0.3 is 0 Å². The summed E-state index contributed by atoms with van der Waals surface area (Å²) in [6.07, 6.45) is -13.0. The van der Waals surface area contributed by atoms with E-state index in [0.29, 0.717) is 6.61 Å². The number of ether oxygens (including phenoxy) is 15. The molecule has 0 N–H and O–H groups in total. The van der Waals surface area contributed by atoms with Crippen molar-refractivity contribution < 1.29 is 71.1 Å². The number of hydrogen-bond acceptors (Lipinski definition) is 15. The van der Waals surface area contributed by atoms with Gasteiger partial charge in [-0.05, 0) is 55.5 Å². The van der Waals surface area contributed by atoms with Crippen molar-refractivity contribution in [1.29, 1.82) is 0 Å². The van der Waals surface area contributed by atoms with Gasteiger partial charge in [0.15, 0.2) is 30.9 Å². The van der Waals surface area contributed by atoms with Crippen molar-refractivity contribution in [3.05, 3.63) is 215 Å². The SMILES string of the molecule is CO[C@@H]1O[C@@H](C)[C@H](O[C@H]2O[C@@H]3COC(c4ccccc4)O[C@H]3[C@H](OCc3ccc(C)cc3)[C@@H]2O[C@H]2O[C@H](COCc3ccccc3)[C@H](OCc3ccccc3)[C@H](OCc3ccccc3)[C@H]2OCc2ccccc2)[C@H]2OC(C)(C)O[C@@H]12. The van der Waals surface area contributed by atoms with Crippen molar-refractivity contribution in [2.75, 3.05) is 20.3 Å². The number of hydrogen-bond donors (Lipinski definition) is 0. The Morgan fingerprint density at radius 2 is 0.938 bits per heavy atom. The van der Waals surface area contributed by atoms with Gasteiger partial charge in [0.05, 0.1) is 52.4 Å². The molecule has 0 aromatic heterocycles. The molecular formula is C65H74O15. The molecule has 5 fully saturated rings. The lowest BCUT2D eigenvalue weighted by Gasteiger charge is -2.52. The zero-order valence-electron chi connectivity index (χ0n) is 46.1. The van der Waals surface area contributed by atoms with E-state index >= 15 is 0 Å². The second kappa shape index (κ2) is 26.8. The highest BCUT2D eigenvalue weighted by molar-refractivity contribution is 5.22. The predicted octanol–water partition coefficient (Wildman–Crippen LogP) is 10.1. The van der Waals surface area contributed by atoms with Crippen LogP contribution in [0, 0.1) is 6.92 Å². The lowest BCUT2D eigenvalue weighted by molar-refractivity contribution is -0.412. The Bertz CT molecular complexity index is 2780. The van der Waals surface area contributed by atoms with Crippen LogP contribution in [0.3, 0.4) is 0 Å². The van der Waals surface area contributed by atoms with Gasteiger partial charge in [0, 0.05) is 12.7 Å². The molecule has 16 atom stereocenters. The van der Waals surface area contributed by atoms with Gasteiger partial charge in [-0.1, -0.05) is 181 Å². The summed E-state index contributed by atoms with van der Waals surface area (Å²) in [6.45, 7) is 9.18. The average Bonchev–Trinajstić information content (AvgIpc) is 4.02. The molecule has 0 radical (unpaired) electrons. The van der Waals surface area contributed by atoms with Gasteiger partial charge in [-0.25, -0.2) is 0 Å². The van der Waals surface area contributed by atoms with E-state index in [-0.39, 0.29) is 39.6 Å². The van der Waals surface area contributed by atoms with Gasteiger partial charge in [0.2, 0.25) is 0 Å². The van der Waals surface area contributed by atoms with Crippen LogP contribution in [0.2, 0.25) is 0 Å². The first-order valence-electron chi connectivity index (χ1n) is 27.9. The molecule has 6 aromatic rings. The summed E-state index contributed by atoms with van der Waals surface area (Å²) >= 11 is 0. The Morgan fingerprint density at radius 3 is 1.52 bits per heavy atom. The molecule has 0 bridgehead atoms. The molecule has 0 amide bonds. The summed E-state index contributed by atoms with van der Waals surface area (Å²) in [5.74, 6) is -0.975. The Hall–Kier alpha value is -5.28. The topological polar surface area (TPSA) is 138 Å². The number of benzene rings is 6. The van der Waals surface area contributed by atoms with E-state index in [2.05, 4.69) is 31.2 Å². The average molecular weight is 1100 g/mol. The minimum Gasteiger partial charge on any atom is -0.374 e. The lowest BCUT2D eigenvalue weighted by atomic mass is 9.95. The van der Waals surface area contributed by atoms with Crippen LogP contribution in [0.25, 0.3) is 0 Å². The fraction of sp³-hybridized carbons (Fsp3) is 0.446. The van der Waals surface area contributed by atoms with Gasteiger partial charge in [-0.3, -0.25) is 0 Å². The lowest BCUT2D eigenvalue weighted by Crippen LogP contribution is -2.68. The summed E-state index contributed by atoms with van der Waals surface area (Å²) in [7, 11) is 1.59. The molecule has 80 heavy (non-hydrogen) atoms. The van der Waals surface area contributed by atoms with Gasteiger partial charge < -0.3 is 71.1 Å². The van der Waals surface area contributed by atoms with Crippen molar-refractivity contribution in [3.8, 4) is 0 Å². The zero-order chi connectivity index (χ0) is 54.8. The van der Waals surface area contributed by atoms with Crippen molar-refractivity contribution in [3.63, 3.8) is 0 Å². The minimum atomic E-state index is -1.19. The molecule has 6 aromatic carbocycles. The van der Waals surface area contributed by atoms with Gasteiger partial charge in [0.1, 0.15) is 67.1 Å². The highest BCUT2D eigenvalue weighted by Crippen LogP contribution is 2.44. The van der Waals surface area contributed by atoms with Gasteiger partial charge in [-0.15, -0.1) is 0 Å². The molecular weight excluding hydrogens is 1020 g/mol. The number of aryl methyl sites for hydroxylation is 1. The minimum absolute atomic E-state index is 0.108. The second-order valence-corrected chi connectivity index (χ2v) is 21.5. The third-order valence-electron chi connectivity index (χ3n) is 15.1. The Morgan fingerprint density at radius 1 is 0.450 bits per heavy atom. The van der Waals surface area contributed by atoms with E-state index in [1.54, 1.807) is 7.11 Å². The number of fused-ring (bicyclic) bond motifs is 2. The molecule has 424 valence electrons. The Labute approximate surface area is 469 Å². The van der Waals surface area contributed by atoms with Crippen LogP contribution >= 0.6 is 0 Å². The highest BCUT2D eigenvalue weighted by Gasteiger charge is 2.60. The van der Waals surface area contributed by atoms with Crippen LogP contribution in [0.4, 0.5) is 0 Å². The smallest absolute Gasteiger partial charge is 0.187 e. The molecule has 15 heteroatoms. The van der Waals surface area contributed by atoms with Crippen molar-refractivity contribution in [2.45, 2.75) is 165 Å². The summed E-state index contributed by atoms with van der Waals surface area (Å²) in [4.78, 5) is 0. The van der Waals surface area contributed by atoms with Crippen molar-refractivity contribution in [2.24, 2.45) is 0 Å². The fourth-order valence-corrected chi connectivity index (χ4v) is 11.1. The zero-order valence-corrected chi connectivity index (χ0v) is 46.1. The van der Waals surface area contributed by atoms with Crippen molar-refractivity contribution in [1.82, 2.24) is 0 Å². The van der Waals surface area contributed by atoms with E-state index in [0.717, 1.165) is 38.9 Å². The standard InChI is InChI=1S/C65H74O15/c1-42-31-33-48(34-32-42)39-70-56-54-51(41-72-61(77-54)49-29-19-10-20-30-49)75-64(76-52-43(2)73-62(66-5)60-57(52)79-65(3,4)80-60)59(56)78-63-58(71-38-47-27-17-9-18-28-47)55(69-37-46-25-15-8-16-26-46)53(68-36-45-23-13-7-14-24-45)50(74-63)40-67-35-44-21-11-6-12-22-44/h6-34,43,50-64H,35-41H2,1-5H3/t43-,50+,51+,52-,53-,54+,55-,56-,57+,58+,59-,60+,61?,62+,63+,64+/m0/s1. The van der Waals surface area contributed by atoms with Gasteiger partial charge in [0.25, 0.3) is 0 Å². The molecule has 5 aliphatic heterocycles. The fourth-order valence-electron chi connectivity index (χ4n) is 11.1. The van der Waals surface area contributed by atoms with E-state index in [4.69, 9.17) is 71.1 Å². The molecule has 15 nitrogen and oxygen atoms in total. The summed E-state index contributed by atoms with van der Waals surface area (Å²) in [5.41, 5.74) is 6.80. The van der Waals surface area contributed by atoms with Crippen LogP contribution in [-0.4, -0.2) is 118 Å². The largest absolute Gasteiger partial charge is 0.374 e. The molecule has 11 rings (SSSR count). The molecule has 0 aliphatic carbocycles. The number of rotatable bonds is 22. The normalized spacial score (nSPS) is 32.0. The second-order valence-electron chi connectivity index (χ2n) is 21.5. The monoisotopic (exact) mass is 1090 g/mol. The summed E-state index contributed by atoms with van der Waals surface area (Å²) < 4.78 is 103. The predicted molar refractivity (Wildman–Crippen MR) is 293 cm³/mol. The maximum Gasteiger partial charge on any atom is 0.187 e. The van der Waals surface area contributed by atoms with Gasteiger partial charge in [-0.2, -0.15) is 0 Å². The molecule has 5 saturated heterocycles. The maximum atomic E-state index is 7.64. The van der Waals surface area contributed by atoms with E-state index in [1.165, 1.54) is 0 Å².